The van der Waals surface area contributed by atoms with Crippen LogP contribution in [-0.4, -0.2) is 44.5 Å². The van der Waals surface area contributed by atoms with Crippen LogP contribution in [0, 0.1) is 10.1 Å². The molecule has 138 valence electrons. The molecule has 0 aromatic heterocycles. The number of nitrogens with zero attached hydrogens (tertiary/aromatic N) is 2. The molecule has 0 aliphatic rings. The third kappa shape index (κ3) is 4.57. The van der Waals surface area contributed by atoms with Gasteiger partial charge in [0.25, 0.3) is 0 Å². The zero-order valence-corrected chi connectivity index (χ0v) is 15.4. The number of nitro benzene ring substituents is 1. The summed E-state index contributed by atoms with van der Waals surface area (Å²) in [4.78, 5) is 23.5. The fraction of sp³-hybridized carbons (Fsp3) is 0.235. The van der Waals surface area contributed by atoms with Crippen molar-refractivity contribution < 1.29 is 18.1 Å². The average Bonchev–Trinajstić information content (AvgIpc) is 2.55. The molecule has 0 bridgehead atoms. The van der Waals surface area contributed by atoms with Gasteiger partial charge in [-0.15, -0.1) is 0 Å². The zero-order valence-electron chi connectivity index (χ0n) is 14.6. The molecular weight excluding hydrogens is 358 g/mol. The van der Waals surface area contributed by atoms with E-state index in [1.165, 1.54) is 23.1 Å². The maximum absolute atomic E-state index is 11.8. The predicted molar refractivity (Wildman–Crippen MR) is 98.3 cm³/mol. The Hall–Kier alpha value is -2.94. The molecule has 0 saturated carbocycles. The van der Waals surface area contributed by atoms with Crippen molar-refractivity contribution >= 4 is 32.8 Å². The number of sulfone groups is 1. The largest absolute Gasteiger partial charge is 0.350 e. The van der Waals surface area contributed by atoms with E-state index in [1.807, 2.05) is 0 Å². The molecule has 0 spiro atoms. The number of rotatable bonds is 6. The number of benzene rings is 2. The summed E-state index contributed by atoms with van der Waals surface area (Å²) < 4.78 is 23.6. The van der Waals surface area contributed by atoms with E-state index in [9.17, 15) is 23.3 Å². The lowest BCUT2D eigenvalue weighted by Crippen LogP contribution is -2.23. The van der Waals surface area contributed by atoms with Crippen molar-refractivity contribution in [3.63, 3.8) is 0 Å². The average molecular weight is 377 g/mol. The van der Waals surface area contributed by atoms with Gasteiger partial charge in [0.1, 0.15) is 10.6 Å². The molecule has 8 nitrogen and oxygen atoms in total. The highest BCUT2D eigenvalue weighted by Gasteiger charge is 2.26. The van der Waals surface area contributed by atoms with Gasteiger partial charge in [-0.2, -0.15) is 0 Å². The number of carbonyl (C=O) groups is 1. The number of carbonyl (C=O) groups excluding carboxylic acids is 1. The van der Waals surface area contributed by atoms with Crippen LogP contribution in [0.2, 0.25) is 0 Å². The van der Waals surface area contributed by atoms with Crippen LogP contribution in [0.5, 0.6) is 0 Å². The van der Waals surface area contributed by atoms with E-state index in [2.05, 4.69) is 5.32 Å². The van der Waals surface area contributed by atoms with E-state index in [0.29, 0.717) is 5.69 Å². The number of anilines is 2. The summed E-state index contributed by atoms with van der Waals surface area (Å²) in [7, 11) is -0.400. The highest BCUT2D eigenvalue weighted by molar-refractivity contribution is 7.90. The van der Waals surface area contributed by atoms with Gasteiger partial charge in [-0.3, -0.25) is 14.9 Å². The fourth-order valence-corrected chi connectivity index (χ4v) is 3.17. The quantitative estimate of drug-likeness (QED) is 0.611. The molecule has 0 heterocycles. The lowest BCUT2D eigenvalue weighted by Gasteiger charge is -2.12. The summed E-state index contributed by atoms with van der Waals surface area (Å²) in [5.74, 6) is -0.0396. The van der Waals surface area contributed by atoms with Crippen molar-refractivity contribution in [2.24, 2.45) is 0 Å². The fourth-order valence-electron chi connectivity index (χ4n) is 2.30. The Bertz CT molecular complexity index is 937. The number of hydrogen-bond donors (Lipinski definition) is 1. The number of hydrogen-bond acceptors (Lipinski definition) is 6. The van der Waals surface area contributed by atoms with Gasteiger partial charge in [0, 0.05) is 26.0 Å². The lowest BCUT2D eigenvalue weighted by atomic mass is 10.1. The lowest BCUT2D eigenvalue weighted by molar-refractivity contribution is -0.386. The minimum atomic E-state index is -3.75. The molecule has 0 aliphatic carbocycles. The molecule has 2 aromatic carbocycles. The van der Waals surface area contributed by atoms with Gasteiger partial charge in [-0.05, 0) is 29.8 Å². The summed E-state index contributed by atoms with van der Waals surface area (Å²) in [6, 6.07) is 10.9. The van der Waals surface area contributed by atoms with Crippen molar-refractivity contribution in [1.82, 2.24) is 4.90 Å². The van der Waals surface area contributed by atoms with E-state index >= 15 is 0 Å². The third-order valence-corrected chi connectivity index (χ3v) is 4.80. The van der Waals surface area contributed by atoms with Crippen LogP contribution in [0.15, 0.2) is 47.4 Å². The van der Waals surface area contributed by atoms with Crippen LogP contribution in [0.3, 0.4) is 0 Å². The normalized spacial score (nSPS) is 11.0. The summed E-state index contributed by atoms with van der Waals surface area (Å²) in [6.45, 7) is 0. The SMILES string of the molecule is CN(C)C(=O)Cc1ccc(Nc2cccc(S(C)(=O)=O)c2[N+](=O)[O-])cc1. The molecule has 0 saturated heterocycles. The molecular formula is C17H19N3O5S. The monoisotopic (exact) mass is 377 g/mol. The van der Waals surface area contributed by atoms with Gasteiger partial charge in [-0.1, -0.05) is 18.2 Å². The number of nitrogens with one attached hydrogen (secondary N) is 1. The second-order valence-corrected chi connectivity index (χ2v) is 7.95. The minimum Gasteiger partial charge on any atom is -0.350 e. The van der Waals surface area contributed by atoms with Crippen molar-refractivity contribution in [3.05, 3.63) is 58.1 Å². The van der Waals surface area contributed by atoms with Crippen molar-refractivity contribution in [2.45, 2.75) is 11.3 Å². The van der Waals surface area contributed by atoms with E-state index in [-0.39, 0.29) is 22.9 Å². The van der Waals surface area contributed by atoms with Gasteiger partial charge in [0.05, 0.1) is 11.3 Å². The molecule has 0 radical (unpaired) electrons. The molecule has 0 aliphatic heterocycles. The molecule has 2 aromatic rings. The Morgan fingerprint density at radius 1 is 1.15 bits per heavy atom. The first kappa shape index (κ1) is 19.4. The van der Waals surface area contributed by atoms with Crippen molar-refractivity contribution in [2.75, 3.05) is 25.7 Å². The second kappa shape index (κ2) is 7.52. The summed E-state index contributed by atoms with van der Waals surface area (Å²) in [6.07, 6.45) is 1.17. The van der Waals surface area contributed by atoms with E-state index in [1.54, 1.807) is 38.4 Å². The molecule has 26 heavy (non-hydrogen) atoms. The van der Waals surface area contributed by atoms with Crippen molar-refractivity contribution in [3.8, 4) is 0 Å². The molecule has 0 fully saturated rings. The van der Waals surface area contributed by atoms with Crippen LogP contribution >= 0.6 is 0 Å². The Kier molecular flexibility index (Phi) is 5.61. The number of nitro groups is 1. The first-order chi connectivity index (χ1) is 12.1. The summed E-state index contributed by atoms with van der Waals surface area (Å²) in [5, 5.41) is 14.2. The molecule has 1 amide bonds. The minimum absolute atomic E-state index is 0.0396. The smallest absolute Gasteiger partial charge is 0.311 e. The topological polar surface area (TPSA) is 110 Å². The Labute approximate surface area is 151 Å². The molecule has 9 heteroatoms. The third-order valence-electron chi connectivity index (χ3n) is 3.67. The maximum Gasteiger partial charge on any atom is 0.311 e. The van der Waals surface area contributed by atoms with Crippen LogP contribution in [-0.2, 0) is 21.1 Å². The zero-order chi connectivity index (χ0) is 19.5. The second-order valence-electron chi connectivity index (χ2n) is 5.97. The summed E-state index contributed by atoms with van der Waals surface area (Å²) in [5.41, 5.74) is 0.922. The van der Waals surface area contributed by atoms with Crippen LogP contribution < -0.4 is 5.32 Å². The predicted octanol–water partition coefficient (Wildman–Crippen LogP) is 2.37. The standard InChI is InChI=1S/C17H19N3O5S/c1-19(2)16(21)11-12-7-9-13(10-8-12)18-14-5-4-6-15(26(3,24)25)17(14)20(22)23/h4-10,18H,11H2,1-3H3. The van der Waals surface area contributed by atoms with Crippen LogP contribution in [0.25, 0.3) is 0 Å². The first-order valence-electron chi connectivity index (χ1n) is 7.63. The van der Waals surface area contributed by atoms with Crippen LogP contribution in [0.1, 0.15) is 5.56 Å². The van der Waals surface area contributed by atoms with Crippen LogP contribution in [0.4, 0.5) is 17.1 Å². The number of amides is 1. The summed E-state index contributed by atoms with van der Waals surface area (Å²) >= 11 is 0. The Balaban J connectivity index is 2.32. The van der Waals surface area contributed by atoms with E-state index in [4.69, 9.17) is 0 Å². The number of likely N-dealkylation sites (N-methyl/N-ethyl adjacent to an activating group) is 1. The molecule has 1 N–H and O–H groups in total. The van der Waals surface area contributed by atoms with Gasteiger partial charge in [0.2, 0.25) is 5.91 Å². The molecule has 0 unspecified atom stereocenters. The maximum atomic E-state index is 11.8. The van der Waals surface area contributed by atoms with Crippen molar-refractivity contribution in [1.29, 1.82) is 0 Å². The highest BCUT2D eigenvalue weighted by Crippen LogP contribution is 2.33. The Morgan fingerprint density at radius 2 is 1.77 bits per heavy atom. The van der Waals surface area contributed by atoms with Gasteiger partial charge < -0.3 is 10.2 Å². The van der Waals surface area contributed by atoms with Gasteiger partial charge >= 0.3 is 5.69 Å². The van der Waals surface area contributed by atoms with E-state index in [0.717, 1.165) is 11.8 Å². The molecule has 0 atom stereocenters. The Morgan fingerprint density at radius 3 is 2.27 bits per heavy atom. The molecule has 2 rings (SSSR count). The van der Waals surface area contributed by atoms with Gasteiger partial charge in [0.15, 0.2) is 9.84 Å². The first-order valence-corrected chi connectivity index (χ1v) is 9.52. The number of para-hydroxylation sites is 1. The highest BCUT2D eigenvalue weighted by atomic mass is 32.2. The van der Waals surface area contributed by atoms with E-state index < -0.39 is 20.4 Å². The van der Waals surface area contributed by atoms with Gasteiger partial charge in [-0.25, -0.2) is 8.42 Å².